The monoisotopic (exact) mass is 508 g/mol. The smallest absolute Gasteiger partial charge is 0.207 e. The summed E-state index contributed by atoms with van der Waals surface area (Å²) in [6.45, 7) is 2.44. The Labute approximate surface area is 202 Å². The minimum absolute atomic E-state index is 0.364. The van der Waals surface area contributed by atoms with E-state index in [4.69, 9.17) is 0 Å². The predicted molar refractivity (Wildman–Crippen MR) is 133 cm³/mol. The molecule has 4 rings (SSSR count). The van der Waals surface area contributed by atoms with Gasteiger partial charge in [-0.25, -0.2) is 16.8 Å². The van der Waals surface area contributed by atoms with Crippen LogP contribution in [-0.4, -0.2) is 51.6 Å². The topological polar surface area (TPSA) is 74.8 Å². The molecule has 0 spiro atoms. The lowest BCUT2D eigenvalue weighted by Crippen LogP contribution is -2.35. The van der Waals surface area contributed by atoms with Crippen molar-refractivity contribution in [3.8, 4) is 0 Å². The second kappa shape index (κ2) is 10.9. The Morgan fingerprint density at radius 3 is 1.21 bits per heavy atom. The minimum Gasteiger partial charge on any atom is -0.207 e. The van der Waals surface area contributed by atoms with Crippen LogP contribution in [0.1, 0.15) is 49.7 Å². The van der Waals surface area contributed by atoms with Gasteiger partial charge in [-0.1, -0.05) is 37.1 Å². The van der Waals surface area contributed by atoms with Gasteiger partial charge in [-0.05, 0) is 61.1 Å². The molecule has 0 aromatic heterocycles. The maximum absolute atomic E-state index is 12.8. The first-order chi connectivity index (χ1) is 15.9. The van der Waals surface area contributed by atoms with Gasteiger partial charge in [0.15, 0.2) is 0 Å². The first-order valence-corrected chi connectivity index (χ1v) is 15.7. The number of rotatable bonds is 8. The van der Waals surface area contributed by atoms with Gasteiger partial charge >= 0.3 is 0 Å². The summed E-state index contributed by atoms with van der Waals surface area (Å²) in [5.41, 5.74) is 2.14. The Balaban J connectivity index is 1.30. The number of nitrogens with zero attached hydrogens (tertiary/aromatic N) is 2. The van der Waals surface area contributed by atoms with E-state index in [0.717, 1.165) is 61.2 Å². The van der Waals surface area contributed by atoms with Crippen LogP contribution < -0.4 is 0 Å². The Bertz CT molecular complexity index is 1030. The lowest BCUT2D eigenvalue weighted by molar-refractivity contribution is 0.346. The van der Waals surface area contributed by atoms with Crippen molar-refractivity contribution in [1.29, 1.82) is 0 Å². The van der Waals surface area contributed by atoms with Crippen molar-refractivity contribution in [3.63, 3.8) is 0 Å². The highest BCUT2D eigenvalue weighted by molar-refractivity contribution is 7.97. The largest absolute Gasteiger partial charge is 0.243 e. The first-order valence-electron chi connectivity index (χ1n) is 11.6. The molecule has 2 aliphatic rings. The van der Waals surface area contributed by atoms with E-state index < -0.39 is 20.0 Å². The van der Waals surface area contributed by atoms with Crippen LogP contribution in [0.3, 0.4) is 0 Å². The number of hydrogen-bond donors (Lipinski definition) is 0. The van der Waals surface area contributed by atoms with Crippen LogP contribution in [0.2, 0.25) is 0 Å². The minimum atomic E-state index is -3.39. The Morgan fingerprint density at radius 1 is 0.545 bits per heavy atom. The van der Waals surface area contributed by atoms with E-state index >= 15 is 0 Å². The van der Waals surface area contributed by atoms with Gasteiger partial charge in [0.1, 0.15) is 0 Å². The lowest BCUT2D eigenvalue weighted by Gasteiger charge is -2.26. The van der Waals surface area contributed by atoms with E-state index in [1.807, 2.05) is 24.3 Å². The summed E-state index contributed by atoms with van der Waals surface area (Å²) in [7, 11) is -6.79. The molecule has 0 saturated carbocycles. The SMILES string of the molecule is O=S(=O)(c1ccc(CSCc2ccc(S(=O)(=O)N3CCCCC3)cc2)cc1)N1CCCCC1. The van der Waals surface area contributed by atoms with Crippen LogP contribution in [0.5, 0.6) is 0 Å². The predicted octanol–water partition coefficient (Wildman–Crippen LogP) is 4.47. The van der Waals surface area contributed by atoms with Crippen LogP contribution >= 0.6 is 11.8 Å². The van der Waals surface area contributed by atoms with Gasteiger partial charge in [-0.3, -0.25) is 0 Å². The zero-order valence-electron chi connectivity index (χ0n) is 18.9. The molecule has 2 aromatic rings. The lowest BCUT2D eigenvalue weighted by atomic mass is 10.2. The van der Waals surface area contributed by atoms with Gasteiger partial charge in [-0.2, -0.15) is 20.4 Å². The highest BCUT2D eigenvalue weighted by Gasteiger charge is 2.26. The maximum Gasteiger partial charge on any atom is 0.243 e. The molecular formula is C24H32N2O4S3. The number of benzene rings is 2. The summed E-state index contributed by atoms with van der Waals surface area (Å²) < 4.78 is 54.3. The van der Waals surface area contributed by atoms with E-state index in [9.17, 15) is 16.8 Å². The zero-order chi connectivity index (χ0) is 23.3. The number of piperidine rings is 2. The molecular weight excluding hydrogens is 476 g/mol. The number of sulfonamides is 2. The van der Waals surface area contributed by atoms with Crippen molar-refractivity contribution in [2.75, 3.05) is 26.2 Å². The quantitative estimate of drug-likeness (QED) is 0.526. The molecule has 0 atom stereocenters. The molecule has 2 aromatic carbocycles. The van der Waals surface area contributed by atoms with Crippen LogP contribution in [0.4, 0.5) is 0 Å². The third-order valence-electron chi connectivity index (χ3n) is 6.29. The molecule has 0 aliphatic carbocycles. The second-order valence-electron chi connectivity index (χ2n) is 8.71. The normalized spacial score (nSPS) is 18.9. The van der Waals surface area contributed by atoms with Gasteiger partial charge in [0.25, 0.3) is 0 Å². The molecule has 0 N–H and O–H groups in total. The zero-order valence-corrected chi connectivity index (χ0v) is 21.3. The number of hydrogen-bond acceptors (Lipinski definition) is 5. The van der Waals surface area contributed by atoms with Gasteiger partial charge < -0.3 is 0 Å². The van der Waals surface area contributed by atoms with E-state index in [1.165, 1.54) is 0 Å². The van der Waals surface area contributed by atoms with Crippen LogP contribution in [-0.2, 0) is 31.6 Å². The van der Waals surface area contributed by atoms with Crippen LogP contribution in [0.25, 0.3) is 0 Å². The fourth-order valence-electron chi connectivity index (χ4n) is 4.31. The second-order valence-corrected chi connectivity index (χ2v) is 13.6. The fourth-order valence-corrected chi connectivity index (χ4v) is 8.30. The van der Waals surface area contributed by atoms with Crippen molar-refractivity contribution in [3.05, 3.63) is 59.7 Å². The average Bonchev–Trinajstić information content (AvgIpc) is 2.86. The highest BCUT2D eigenvalue weighted by atomic mass is 32.2. The summed E-state index contributed by atoms with van der Waals surface area (Å²) in [5.74, 6) is 1.52. The van der Waals surface area contributed by atoms with E-state index in [0.29, 0.717) is 36.0 Å². The van der Waals surface area contributed by atoms with E-state index in [2.05, 4.69) is 0 Å². The molecule has 2 saturated heterocycles. The van der Waals surface area contributed by atoms with Crippen molar-refractivity contribution in [2.24, 2.45) is 0 Å². The van der Waals surface area contributed by atoms with Gasteiger partial charge in [0.2, 0.25) is 20.0 Å². The molecule has 2 heterocycles. The molecule has 2 aliphatic heterocycles. The summed E-state index contributed by atoms with van der Waals surface area (Å²) in [6.07, 6.45) is 5.91. The standard InChI is InChI=1S/C24H32N2O4S3/c27-32(28,25-15-3-1-4-16-25)23-11-7-21(8-12-23)19-31-20-22-9-13-24(14-10-22)33(29,30)26-17-5-2-6-18-26/h7-14H,1-6,15-20H2. The Morgan fingerprint density at radius 2 is 0.879 bits per heavy atom. The van der Waals surface area contributed by atoms with Crippen molar-refractivity contribution in [2.45, 2.75) is 59.8 Å². The van der Waals surface area contributed by atoms with Crippen molar-refractivity contribution >= 4 is 31.8 Å². The molecule has 0 unspecified atom stereocenters. The highest BCUT2D eigenvalue weighted by Crippen LogP contribution is 2.25. The average molecular weight is 509 g/mol. The number of thioether (sulfide) groups is 1. The Hall–Kier alpha value is -1.39. The van der Waals surface area contributed by atoms with Gasteiger partial charge in [0.05, 0.1) is 9.79 Å². The molecule has 0 bridgehead atoms. The maximum atomic E-state index is 12.8. The fraction of sp³-hybridized carbons (Fsp3) is 0.500. The van der Waals surface area contributed by atoms with Gasteiger partial charge in [-0.15, -0.1) is 0 Å². The summed E-state index contributed by atoms with van der Waals surface area (Å²) >= 11 is 1.72. The molecule has 33 heavy (non-hydrogen) atoms. The summed E-state index contributed by atoms with van der Waals surface area (Å²) in [6, 6.07) is 14.4. The summed E-state index contributed by atoms with van der Waals surface area (Å²) in [4.78, 5) is 0.729. The molecule has 180 valence electrons. The van der Waals surface area contributed by atoms with Crippen LogP contribution in [0.15, 0.2) is 58.3 Å². The van der Waals surface area contributed by atoms with Crippen LogP contribution in [0, 0.1) is 0 Å². The molecule has 2 fully saturated rings. The third kappa shape index (κ3) is 6.00. The van der Waals surface area contributed by atoms with Crippen molar-refractivity contribution < 1.29 is 16.8 Å². The summed E-state index contributed by atoms with van der Waals surface area (Å²) in [5, 5.41) is 0. The van der Waals surface area contributed by atoms with Gasteiger partial charge in [0, 0.05) is 37.7 Å². The molecule has 6 nitrogen and oxygen atoms in total. The first kappa shape index (κ1) is 24.7. The van der Waals surface area contributed by atoms with Crippen molar-refractivity contribution in [1.82, 2.24) is 8.61 Å². The van der Waals surface area contributed by atoms with E-state index in [1.54, 1.807) is 44.6 Å². The third-order valence-corrected chi connectivity index (χ3v) is 11.2. The molecule has 0 radical (unpaired) electrons. The Kier molecular flexibility index (Phi) is 8.17. The molecule has 0 amide bonds. The molecule has 9 heteroatoms. The van der Waals surface area contributed by atoms with E-state index in [-0.39, 0.29) is 0 Å².